The Morgan fingerprint density at radius 3 is 2.14 bits per heavy atom. The van der Waals surface area contributed by atoms with E-state index in [1.165, 1.54) is 11.3 Å². The van der Waals surface area contributed by atoms with Crippen LogP contribution >= 0.6 is 11.3 Å². The van der Waals surface area contributed by atoms with Crippen LogP contribution in [0.4, 0.5) is 10.8 Å². The molecule has 4 aromatic rings. The summed E-state index contributed by atoms with van der Waals surface area (Å²) in [4.78, 5) is 28.5. The molecular weight excluding hydrogens is 374 g/mol. The number of anilines is 2. The first kappa shape index (κ1) is 17.7. The molecule has 2 amide bonds. The minimum Gasteiger partial charge on any atom is -0.457 e. The van der Waals surface area contributed by atoms with Crippen LogP contribution in [0.5, 0.6) is 11.5 Å². The maximum absolute atomic E-state index is 12.1. The van der Waals surface area contributed by atoms with Crippen molar-refractivity contribution in [1.82, 2.24) is 4.98 Å². The number of ether oxygens (including phenoxy) is 1. The Labute approximate surface area is 164 Å². The monoisotopic (exact) mass is 389 g/mol. The Morgan fingerprint density at radius 2 is 1.39 bits per heavy atom. The molecule has 0 atom stereocenters. The molecule has 1 aromatic heterocycles. The first-order valence-corrected chi connectivity index (χ1v) is 9.30. The van der Waals surface area contributed by atoms with Crippen molar-refractivity contribution in [2.24, 2.45) is 0 Å². The van der Waals surface area contributed by atoms with Gasteiger partial charge in [0.1, 0.15) is 11.5 Å². The Hall–Kier alpha value is -3.71. The van der Waals surface area contributed by atoms with E-state index in [0.29, 0.717) is 16.6 Å². The molecule has 4 rings (SSSR count). The van der Waals surface area contributed by atoms with Gasteiger partial charge in [-0.05, 0) is 48.5 Å². The molecule has 1 heterocycles. The molecule has 0 unspecified atom stereocenters. The fourth-order valence-electron chi connectivity index (χ4n) is 2.50. The number of nitrogens with one attached hydrogen (secondary N) is 2. The smallest absolute Gasteiger partial charge is 0.315 e. The number of amides is 2. The minimum atomic E-state index is -0.774. The molecule has 0 spiro atoms. The highest BCUT2D eigenvalue weighted by atomic mass is 32.1. The molecule has 7 heteroatoms. The third-order valence-corrected chi connectivity index (χ3v) is 4.76. The summed E-state index contributed by atoms with van der Waals surface area (Å²) >= 11 is 1.31. The Bertz CT molecular complexity index is 1090. The SMILES string of the molecule is O=C(Nc1ccc(Oc2ccccc2)cc1)C(=O)Nc1nc2ccccc2s1. The maximum Gasteiger partial charge on any atom is 0.315 e. The van der Waals surface area contributed by atoms with E-state index in [4.69, 9.17) is 4.74 Å². The van der Waals surface area contributed by atoms with E-state index in [1.54, 1.807) is 24.3 Å². The molecular formula is C21H15N3O3S. The van der Waals surface area contributed by atoms with Crippen LogP contribution in [0.2, 0.25) is 0 Å². The van der Waals surface area contributed by atoms with E-state index in [2.05, 4.69) is 15.6 Å². The summed E-state index contributed by atoms with van der Waals surface area (Å²) in [6.07, 6.45) is 0. The van der Waals surface area contributed by atoms with Crippen LogP contribution in [0.3, 0.4) is 0 Å². The lowest BCUT2D eigenvalue weighted by Gasteiger charge is -2.07. The minimum absolute atomic E-state index is 0.382. The zero-order chi connectivity index (χ0) is 19.3. The summed E-state index contributed by atoms with van der Waals surface area (Å²) in [5.74, 6) is -0.197. The lowest BCUT2D eigenvalue weighted by Crippen LogP contribution is -2.28. The van der Waals surface area contributed by atoms with Gasteiger partial charge in [-0.15, -0.1) is 0 Å². The summed E-state index contributed by atoms with van der Waals surface area (Å²) < 4.78 is 6.63. The molecule has 0 aliphatic heterocycles. The fourth-order valence-corrected chi connectivity index (χ4v) is 3.36. The van der Waals surface area contributed by atoms with Gasteiger partial charge in [-0.25, -0.2) is 4.98 Å². The molecule has 0 saturated heterocycles. The van der Waals surface area contributed by atoms with E-state index in [-0.39, 0.29) is 0 Å². The molecule has 138 valence electrons. The highest BCUT2D eigenvalue weighted by Crippen LogP contribution is 2.25. The van der Waals surface area contributed by atoms with Crippen molar-refractivity contribution >= 4 is 44.2 Å². The summed E-state index contributed by atoms with van der Waals surface area (Å²) in [6, 6.07) is 23.7. The lowest BCUT2D eigenvalue weighted by atomic mass is 10.3. The Kier molecular flexibility index (Phi) is 4.99. The van der Waals surface area contributed by atoms with Crippen molar-refractivity contribution in [3.63, 3.8) is 0 Å². The number of benzene rings is 3. The Morgan fingerprint density at radius 1 is 0.750 bits per heavy atom. The Balaban J connectivity index is 1.36. The fraction of sp³-hybridized carbons (Fsp3) is 0. The number of para-hydroxylation sites is 2. The average Bonchev–Trinajstić information content (AvgIpc) is 3.12. The number of carbonyl (C=O) groups is 2. The number of carbonyl (C=O) groups excluding carboxylic acids is 2. The molecule has 2 N–H and O–H groups in total. The van der Waals surface area contributed by atoms with Gasteiger partial charge in [0.2, 0.25) is 0 Å². The van der Waals surface area contributed by atoms with Crippen LogP contribution in [-0.4, -0.2) is 16.8 Å². The summed E-state index contributed by atoms with van der Waals surface area (Å²) in [5, 5.41) is 5.47. The molecule has 6 nitrogen and oxygen atoms in total. The van der Waals surface area contributed by atoms with E-state index in [1.807, 2.05) is 54.6 Å². The number of rotatable bonds is 4. The largest absolute Gasteiger partial charge is 0.457 e. The second-order valence-electron chi connectivity index (χ2n) is 5.83. The van der Waals surface area contributed by atoms with E-state index >= 15 is 0 Å². The van der Waals surface area contributed by atoms with E-state index < -0.39 is 11.8 Å². The summed E-state index contributed by atoms with van der Waals surface area (Å²) in [6.45, 7) is 0. The van der Waals surface area contributed by atoms with Gasteiger partial charge in [0.05, 0.1) is 10.2 Å². The number of hydrogen-bond acceptors (Lipinski definition) is 5. The van der Waals surface area contributed by atoms with Crippen LogP contribution in [0.15, 0.2) is 78.9 Å². The molecule has 0 aliphatic carbocycles. The van der Waals surface area contributed by atoms with Gasteiger partial charge >= 0.3 is 11.8 Å². The molecule has 3 aromatic carbocycles. The van der Waals surface area contributed by atoms with Crippen LogP contribution in [0.1, 0.15) is 0 Å². The topological polar surface area (TPSA) is 80.3 Å². The molecule has 0 fully saturated rings. The third kappa shape index (κ3) is 4.16. The van der Waals surface area contributed by atoms with Crippen LogP contribution in [-0.2, 0) is 9.59 Å². The number of aromatic nitrogens is 1. The highest BCUT2D eigenvalue weighted by molar-refractivity contribution is 7.22. The van der Waals surface area contributed by atoms with Crippen molar-refractivity contribution in [3.05, 3.63) is 78.9 Å². The van der Waals surface area contributed by atoms with Gasteiger partial charge in [-0.2, -0.15) is 0 Å². The first-order valence-electron chi connectivity index (χ1n) is 8.48. The number of hydrogen-bond donors (Lipinski definition) is 2. The second kappa shape index (κ2) is 7.89. The zero-order valence-corrected chi connectivity index (χ0v) is 15.4. The van der Waals surface area contributed by atoms with Gasteiger partial charge in [0, 0.05) is 5.69 Å². The van der Waals surface area contributed by atoms with Crippen LogP contribution < -0.4 is 15.4 Å². The van der Waals surface area contributed by atoms with Crippen molar-refractivity contribution in [3.8, 4) is 11.5 Å². The molecule has 0 radical (unpaired) electrons. The van der Waals surface area contributed by atoms with Gasteiger partial charge in [-0.1, -0.05) is 41.7 Å². The molecule has 0 saturated carbocycles. The highest BCUT2D eigenvalue weighted by Gasteiger charge is 2.16. The van der Waals surface area contributed by atoms with E-state index in [9.17, 15) is 9.59 Å². The molecule has 0 bridgehead atoms. The van der Waals surface area contributed by atoms with Gasteiger partial charge < -0.3 is 10.1 Å². The quantitative estimate of drug-likeness (QED) is 0.497. The number of fused-ring (bicyclic) bond motifs is 1. The van der Waals surface area contributed by atoms with E-state index in [0.717, 1.165) is 16.0 Å². The standard InChI is InChI=1S/C21H15N3O3S/c25-19(20(26)24-21-23-17-8-4-5-9-18(17)28-21)22-14-10-12-16(13-11-14)27-15-6-2-1-3-7-15/h1-13H,(H,22,25)(H,23,24,26). The van der Waals surface area contributed by atoms with Crippen LogP contribution in [0, 0.1) is 0 Å². The first-order chi connectivity index (χ1) is 13.7. The average molecular weight is 389 g/mol. The molecule has 0 aliphatic rings. The van der Waals surface area contributed by atoms with Crippen molar-refractivity contribution < 1.29 is 14.3 Å². The normalized spacial score (nSPS) is 10.4. The van der Waals surface area contributed by atoms with Gasteiger partial charge in [0.25, 0.3) is 0 Å². The van der Waals surface area contributed by atoms with Crippen molar-refractivity contribution in [1.29, 1.82) is 0 Å². The van der Waals surface area contributed by atoms with Crippen molar-refractivity contribution in [2.45, 2.75) is 0 Å². The maximum atomic E-state index is 12.1. The predicted molar refractivity (Wildman–Crippen MR) is 110 cm³/mol. The van der Waals surface area contributed by atoms with Gasteiger partial charge in [0.15, 0.2) is 5.13 Å². The zero-order valence-electron chi connectivity index (χ0n) is 14.6. The number of nitrogens with zero attached hydrogens (tertiary/aromatic N) is 1. The number of thiazole rings is 1. The predicted octanol–water partition coefficient (Wildman–Crippen LogP) is 4.67. The summed E-state index contributed by atoms with van der Waals surface area (Å²) in [7, 11) is 0. The van der Waals surface area contributed by atoms with Crippen molar-refractivity contribution in [2.75, 3.05) is 10.6 Å². The van der Waals surface area contributed by atoms with Crippen LogP contribution in [0.25, 0.3) is 10.2 Å². The molecule has 28 heavy (non-hydrogen) atoms. The lowest BCUT2D eigenvalue weighted by molar-refractivity contribution is -0.132. The summed E-state index contributed by atoms with van der Waals surface area (Å²) in [5.41, 5.74) is 1.27. The third-order valence-electron chi connectivity index (χ3n) is 3.81. The second-order valence-corrected chi connectivity index (χ2v) is 6.87. The van der Waals surface area contributed by atoms with Gasteiger partial charge in [-0.3, -0.25) is 14.9 Å².